The predicted octanol–water partition coefficient (Wildman–Crippen LogP) is 3.04. The molecule has 0 spiro atoms. The minimum atomic E-state index is -0.541. The molecule has 8 nitrogen and oxygen atoms in total. The Bertz CT molecular complexity index is 949. The summed E-state index contributed by atoms with van der Waals surface area (Å²) in [4.78, 5) is 35.6. The first-order valence-corrected chi connectivity index (χ1v) is 9.19. The number of amides is 2. The Hall–Kier alpha value is -3.68. The lowest BCUT2D eigenvalue weighted by atomic mass is 9.93. The van der Waals surface area contributed by atoms with Crippen molar-refractivity contribution in [1.82, 2.24) is 10.6 Å². The number of nitro benzene ring substituents is 1. The maximum absolute atomic E-state index is 12.7. The Balaban J connectivity index is 1.85. The van der Waals surface area contributed by atoms with E-state index >= 15 is 0 Å². The summed E-state index contributed by atoms with van der Waals surface area (Å²) in [5.41, 5.74) is 0.801. The summed E-state index contributed by atoms with van der Waals surface area (Å²) in [5.74, 6) is -0.369. The molecule has 0 saturated heterocycles. The number of carbonyl (C=O) groups excluding carboxylic acids is 2. The Morgan fingerprint density at radius 2 is 1.83 bits per heavy atom. The van der Waals surface area contributed by atoms with E-state index in [1.165, 1.54) is 31.4 Å². The number of benzene rings is 2. The number of rotatable bonds is 7. The van der Waals surface area contributed by atoms with Crippen LogP contribution in [0, 0.1) is 10.1 Å². The molecule has 29 heavy (non-hydrogen) atoms. The number of hydrogen-bond acceptors (Lipinski definition) is 5. The van der Waals surface area contributed by atoms with Crippen molar-refractivity contribution < 1.29 is 19.2 Å². The standard InChI is InChI=1S/C21H21N3O5/c1-29-19-8-3-2-5-15(19)13-18(21(26)22-16-6-4-7-16)23-20(25)14-9-11-17(12-10-14)24(27)28/h2-3,5,8-13,16H,4,6-7H2,1H3,(H,22,26)(H,23,25)/b18-13-. The molecule has 0 unspecified atom stereocenters. The van der Waals surface area contributed by atoms with Crippen LogP contribution in [0.3, 0.4) is 0 Å². The fraction of sp³-hybridized carbons (Fsp3) is 0.238. The number of nitrogens with zero attached hydrogens (tertiary/aromatic N) is 1. The molecule has 2 aromatic carbocycles. The highest BCUT2D eigenvalue weighted by Crippen LogP contribution is 2.22. The highest BCUT2D eigenvalue weighted by atomic mass is 16.6. The Kier molecular flexibility index (Phi) is 6.23. The van der Waals surface area contributed by atoms with Crippen molar-refractivity contribution in [2.45, 2.75) is 25.3 Å². The molecule has 3 rings (SSSR count). The zero-order valence-corrected chi connectivity index (χ0v) is 15.9. The molecule has 1 aliphatic rings. The molecule has 2 aromatic rings. The zero-order chi connectivity index (χ0) is 20.8. The van der Waals surface area contributed by atoms with Gasteiger partial charge in [-0.15, -0.1) is 0 Å². The van der Waals surface area contributed by atoms with Gasteiger partial charge in [0.05, 0.1) is 12.0 Å². The predicted molar refractivity (Wildman–Crippen MR) is 107 cm³/mol. The molecule has 0 atom stereocenters. The zero-order valence-electron chi connectivity index (χ0n) is 15.9. The van der Waals surface area contributed by atoms with Crippen molar-refractivity contribution in [2.24, 2.45) is 0 Å². The summed E-state index contributed by atoms with van der Waals surface area (Å²) < 4.78 is 5.31. The molecule has 8 heteroatoms. The molecule has 150 valence electrons. The van der Waals surface area contributed by atoms with Gasteiger partial charge < -0.3 is 15.4 Å². The highest BCUT2D eigenvalue weighted by Gasteiger charge is 2.23. The number of non-ortho nitro benzene ring substituents is 1. The van der Waals surface area contributed by atoms with Crippen molar-refractivity contribution in [3.63, 3.8) is 0 Å². The molecule has 0 radical (unpaired) electrons. The van der Waals surface area contributed by atoms with Crippen LogP contribution in [0.25, 0.3) is 6.08 Å². The van der Waals surface area contributed by atoms with Gasteiger partial charge in [-0.1, -0.05) is 18.2 Å². The summed E-state index contributed by atoms with van der Waals surface area (Å²) in [6.45, 7) is 0. The molecular weight excluding hydrogens is 374 g/mol. The summed E-state index contributed by atoms with van der Waals surface area (Å²) >= 11 is 0. The van der Waals surface area contributed by atoms with Crippen LogP contribution in [0.5, 0.6) is 5.75 Å². The van der Waals surface area contributed by atoms with Crippen molar-refractivity contribution in [1.29, 1.82) is 0 Å². The SMILES string of the molecule is COc1ccccc1/C=C(\NC(=O)c1ccc([N+](=O)[O-])cc1)C(=O)NC1CCC1. The van der Waals surface area contributed by atoms with Gasteiger partial charge in [0.25, 0.3) is 17.5 Å². The molecule has 0 bridgehead atoms. The second kappa shape index (κ2) is 9.01. The van der Waals surface area contributed by atoms with Gasteiger partial charge in [-0.3, -0.25) is 19.7 Å². The average Bonchev–Trinajstić information content (AvgIpc) is 2.70. The molecule has 0 aliphatic heterocycles. The monoisotopic (exact) mass is 395 g/mol. The number of nitro groups is 1. The Morgan fingerprint density at radius 1 is 1.14 bits per heavy atom. The lowest BCUT2D eigenvalue weighted by molar-refractivity contribution is -0.384. The molecule has 2 amide bonds. The largest absolute Gasteiger partial charge is 0.496 e. The second-order valence-electron chi connectivity index (χ2n) is 6.66. The van der Waals surface area contributed by atoms with E-state index in [0.29, 0.717) is 11.3 Å². The fourth-order valence-corrected chi connectivity index (χ4v) is 2.84. The first-order chi connectivity index (χ1) is 14.0. The average molecular weight is 395 g/mol. The van der Waals surface area contributed by atoms with E-state index in [1.807, 2.05) is 0 Å². The van der Waals surface area contributed by atoms with Gasteiger partial charge in [-0.25, -0.2) is 0 Å². The molecular formula is C21H21N3O5. The van der Waals surface area contributed by atoms with Crippen LogP contribution in [0.1, 0.15) is 35.2 Å². The van der Waals surface area contributed by atoms with Crippen LogP contribution < -0.4 is 15.4 Å². The topological polar surface area (TPSA) is 111 Å². The maximum Gasteiger partial charge on any atom is 0.269 e. The van der Waals surface area contributed by atoms with Gasteiger partial charge in [-0.05, 0) is 43.5 Å². The molecule has 0 aromatic heterocycles. The van der Waals surface area contributed by atoms with Crippen molar-refractivity contribution >= 4 is 23.6 Å². The van der Waals surface area contributed by atoms with Crippen LogP contribution in [0.15, 0.2) is 54.2 Å². The minimum absolute atomic E-state index is 0.0738. The second-order valence-corrected chi connectivity index (χ2v) is 6.66. The lowest BCUT2D eigenvalue weighted by Crippen LogP contribution is -2.43. The van der Waals surface area contributed by atoms with Crippen LogP contribution in [0.4, 0.5) is 5.69 Å². The third-order valence-corrected chi connectivity index (χ3v) is 4.71. The highest BCUT2D eigenvalue weighted by molar-refractivity contribution is 6.05. The number of para-hydroxylation sites is 1. The van der Waals surface area contributed by atoms with E-state index < -0.39 is 16.7 Å². The third-order valence-electron chi connectivity index (χ3n) is 4.71. The normalized spacial score (nSPS) is 13.9. The van der Waals surface area contributed by atoms with Crippen LogP contribution in [-0.2, 0) is 4.79 Å². The summed E-state index contributed by atoms with van der Waals surface area (Å²) in [6, 6.07) is 12.4. The first-order valence-electron chi connectivity index (χ1n) is 9.19. The van der Waals surface area contributed by atoms with E-state index in [2.05, 4.69) is 10.6 Å². The van der Waals surface area contributed by atoms with E-state index in [0.717, 1.165) is 19.3 Å². The number of nitrogens with one attached hydrogen (secondary N) is 2. The third kappa shape index (κ3) is 4.98. The fourth-order valence-electron chi connectivity index (χ4n) is 2.84. The van der Waals surface area contributed by atoms with Gasteiger partial charge in [0.1, 0.15) is 11.4 Å². The molecule has 1 aliphatic carbocycles. The van der Waals surface area contributed by atoms with Crippen molar-refractivity contribution in [2.75, 3.05) is 7.11 Å². The van der Waals surface area contributed by atoms with Gasteiger partial charge in [-0.2, -0.15) is 0 Å². The summed E-state index contributed by atoms with van der Waals surface area (Å²) in [7, 11) is 1.52. The summed E-state index contributed by atoms with van der Waals surface area (Å²) in [5, 5.41) is 16.3. The molecule has 0 heterocycles. The quantitative estimate of drug-likeness (QED) is 0.425. The molecule has 1 saturated carbocycles. The van der Waals surface area contributed by atoms with E-state index in [9.17, 15) is 19.7 Å². The first kappa shape index (κ1) is 20.1. The van der Waals surface area contributed by atoms with Gasteiger partial charge in [0.15, 0.2) is 0 Å². The van der Waals surface area contributed by atoms with E-state index in [1.54, 1.807) is 30.3 Å². The van der Waals surface area contributed by atoms with Crippen LogP contribution >= 0.6 is 0 Å². The molecule has 2 N–H and O–H groups in total. The minimum Gasteiger partial charge on any atom is -0.496 e. The Morgan fingerprint density at radius 3 is 2.41 bits per heavy atom. The molecule has 1 fully saturated rings. The van der Waals surface area contributed by atoms with E-state index in [4.69, 9.17) is 4.74 Å². The van der Waals surface area contributed by atoms with Crippen LogP contribution in [0.2, 0.25) is 0 Å². The number of hydrogen-bond donors (Lipinski definition) is 2. The Labute approximate surface area is 167 Å². The van der Waals surface area contributed by atoms with Gasteiger partial charge in [0, 0.05) is 29.3 Å². The van der Waals surface area contributed by atoms with E-state index in [-0.39, 0.29) is 23.0 Å². The maximum atomic E-state index is 12.7. The summed E-state index contributed by atoms with van der Waals surface area (Å²) in [6.07, 6.45) is 4.43. The number of ether oxygens (including phenoxy) is 1. The number of methoxy groups -OCH3 is 1. The van der Waals surface area contributed by atoms with Crippen molar-refractivity contribution in [3.05, 3.63) is 75.5 Å². The van der Waals surface area contributed by atoms with Gasteiger partial charge in [0.2, 0.25) is 0 Å². The lowest BCUT2D eigenvalue weighted by Gasteiger charge is -2.27. The number of carbonyl (C=O) groups is 2. The van der Waals surface area contributed by atoms with Crippen molar-refractivity contribution in [3.8, 4) is 5.75 Å². The van der Waals surface area contributed by atoms with Gasteiger partial charge >= 0.3 is 0 Å². The smallest absolute Gasteiger partial charge is 0.269 e. The van der Waals surface area contributed by atoms with Crippen LogP contribution in [-0.4, -0.2) is 29.9 Å².